The Kier molecular flexibility index (Phi) is 7.21. The summed E-state index contributed by atoms with van der Waals surface area (Å²) in [5.41, 5.74) is 2.85. The highest BCUT2D eigenvalue weighted by Gasteiger charge is 2.36. The molecule has 0 spiro atoms. The number of rotatable bonds is 7. The van der Waals surface area contributed by atoms with Crippen molar-refractivity contribution in [3.8, 4) is 5.82 Å². The summed E-state index contributed by atoms with van der Waals surface area (Å²) in [6, 6.07) is 7.64. The molecule has 3 atom stereocenters. The molecule has 1 aliphatic heterocycles. The van der Waals surface area contributed by atoms with Crippen molar-refractivity contribution in [3.05, 3.63) is 59.7 Å². The van der Waals surface area contributed by atoms with Gasteiger partial charge >= 0.3 is 0 Å². The molecule has 0 bridgehead atoms. The fourth-order valence-corrected chi connectivity index (χ4v) is 4.81. The highest BCUT2D eigenvalue weighted by Crippen LogP contribution is 2.34. The topological polar surface area (TPSA) is 79.3 Å². The smallest absolute Gasteiger partial charge is 0.245 e. The predicted molar refractivity (Wildman–Crippen MR) is 135 cm³/mol. The number of benzene rings is 1. The van der Waals surface area contributed by atoms with Crippen LogP contribution in [0.5, 0.6) is 0 Å². The van der Waals surface area contributed by atoms with E-state index in [-0.39, 0.29) is 35.6 Å². The molecule has 3 heterocycles. The third-order valence-electron chi connectivity index (χ3n) is 6.96. The molecule has 0 saturated carbocycles. The molecule has 7 nitrogen and oxygen atoms in total. The van der Waals surface area contributed by atoms with E-state index in [0.717, 1.165) is 40.7 Å². The van der Waals surface area contributed by atoms with Crippen molar-refractivity contribution in [2.45, 2.75) is 58.7 Å². The monoisotopic (exact) mass is 479 g/mol. The van der Waals surface area contributed by atoms with Crippen LogP contribution >= 0.6 is 0 Å². The molecule has 0 aliphatic carbocycles. The van der Waals surface area contributed by atoms with Gasteiger partial charge in [0.2, 0.25) is 11.8 Å². The average molecular weight is 480 g/mol. The summed E-state index contributed by atoms with van der Waals surface area (Å²) >= 11 is 0. The highest BCUT2D eigenvalue weighted by molar-refractivity contribution is 5.90. The predicted octanol–water partition coefficient (Wildman–Crippen LogP) is 3.89. The Morgan fingerprint density at radius 1 is 1.17 bits per heavy atom. The van der Waals surface area contributed by atoms with E-state index < -0.39 is 6.04 Å². The summed E-state index contributed by atoms with van der Waals surface area (Å²) in [6.45, 7) is 8.27. The van der Waals surface area contributed by atoms with Crippen LogP contribution < -0.4 is 10.6 Å². The zero-order valence-electron chi connectivity index (χ0n) is 21.0. The van der Waals surface area contributed by atoms with Gasteiger partial charge in [-0.2, -0.15) is 0 Å². The molecule has 4 rings (SSSR count). The van der Waals surface area contributed by atoms with Gasteiger partial charge in [-0.1, -0.05) is 13.8 Å². The van der Waals surface area contributed by atoms with Gasteiger partial charge in [0.25, 0.3) is 0 Å². The van der Waals surface area contributed by atoms with Crippen molar-refractivity contribution in [1.82, 2.24) is 25.1 Å². The first kappa shape index (κ1) is 24.9. The number of aromatic nitrogens is 2. The van der Waals surface area contributed by atoms with Gasteiger partial charge in [-0.3, -0.25) is 9.59 Å². The van der Waals surface area contributed by atoms with Crippen LogP contribution in [0.4, 0.5) is 4.39 Å². The number of hydrogen-bond acceptors (Lipinski definition) is 4. The minimum Gasteiger partial charge on any atom is -0.343 e. The Morgan fingerprint density at radius 2 is 1.94 bits per heavy atom. The maximum atomic E-state index is 13.8. The van der Waals surface area contributed by atoms with Gasteiger partial charge in [0.15, 0.2) is 0 Å². The van der Waals surface area contributed by atoms with Crippen LogP contribution in [0.25, 0.3) is 16.7 Å². The maximum absolute atomic E-state index is 13.8. The maximum Gasteiger partial charge on any atom is 0.245 e. The number of hydrogen-bond donors (Lipinski definition) is 2. The molecule has 1 saturated heterocycles. The number of halogens is 1. The molecule has 1 aromatic carbocycles. The van der Waals surface area contributed by atoms with E-state index in [9.17, 15) is 14.0 Å². The largest absolute Gasteiger partial charge is 0.343 e. The summed E-state index contributed by atoms with van der Waals surface area (Å²) in [4.78, 5) is 32.6. The second-order valence-corrected chi connectivity index (χ2v) is 9.72. The second kappa shape index (κ2) is 10.2. The molecule has 2 amide bonds. The summed E-state index contributed by atoms with van der Waals surface area (Å²) in [6.07, 6.45) is 5.45. The van der Waals surface area contributed by atoms with Crippen LogP contribution in [-0.4, -0.2) is 51.9 Å². The molecule has 186 valence electrons. The highest BCUT2D eigenvalue weighted by atomic mass is 19.1. The van der Waals surface area contributed by atoms with E-state index >= 15 is 0 Å². The molecule has 3 aromatic rings. The van der Waals surface area contributed by atoms with Gasteiger partial charge in [0, 0.05) is 24.3 Å². The van der Waals surface area contributed by atoms with Crippen LogP contribution in [0.3, 0.4) is 0 Å². The lowest BCUT2D eigenvalue weighted by Gasteiger charge is -2.32. The lowest BCUT2D eigenvalue weighted by molar-refractivity contribution is -0.138. The van der Waals surface area contributed by atoms with Gasteiger partial charge in [0.1, 0.15) is 17.7 Å². The molecule has 1 fully saturated rings. The van der Waals surface area contributed by atoms with Crippen molar-refractivity contribution in [2.75, 3.05) is 13.6 Å². The Hall–Kier alpha value is -3.26. The summed E-state index contributed by atoms with van der Waals surface area (Å²) in [5, 5.41) is 6.71. The molecule has 1 aliphatic rings. The number of likely N-dealkylation sites (tertiary alicyclic amines) is 1. The Morgan fingerprint density at radius 3 is 2.66 bits per heavy atom. The Bertz CT molecular complexity index is 1240. The van der Waals surface area contributed by atoms with Crippen LogP contribution in [0.15, 0.2) is 42.7 Å². The average Bonchev–Trinajstić information content (AvgIpc) is 3.46. The van der Waals surface area contributed by atoms with Crippen molar-refractivity contribution >= 4 is 22.7 Å². The molecular weight excluding hydrogens is 445 g/mol. The van der Waals surface area contributed by atoms with E-state index in [1.165, 1.54) is 12.1 Å². The van der Waals surface area contributed by atoms with E-state index in [2.05, 4.69) is 15.6 Å². The lowest BCUT2D eigenvalue weighted by Crippen LogP contribution is -2.54. The zero-order chi connectivity index (χ0) is 25.3. The Labute approximate surface area is 205 Å². The van der Waals surface area contributed by atoms with Crippen LogP contribution in [0.2, 0.25) is 0 Å². The first-order valence-electron chi connectivity index (χ1n) is 12.2. The second-order valence-electron chi connectivity index (χ2n) is 9.72. The van der Waals surface area contributed by atoms with Crippen molar-refractivity contribution < 1.29 is 14.0 Å². The number of nitrogens with zero attached hydrogens (tertiary/aromatic N) is 3. The van der Waals surface area contributed by atoms with E-state index in [1.807, 2.05) is 48.6 Å². The molecule has 2 unspecified atom stereocenters. The lowest BCUT2D eigenvalue weighted by atomic mass is 10.00. The van der Waals surface area contributed by atoms with Gasteiger partial charge in [0.05, 0.1) is 17.6 Å². The fourth-order valence-electron chi connectivity index (χ4n) is 4.81. The van der Waals surface area contributed by atoms with Gasteiger partial charge in [-0.15, -0.1) is 0 Å². The number of likely N-dealkylation sites (N-methyl/N-ethyl adjacent to an activating group) is 1. The number of carbonyl (C=O) groups is 2. The number of aryl methyl sites for hydroxylation is 1. The van der Waals surface area contributed by atoms with Gasteiger partial charge in [-0.05, 0) is 81.1 Å². The number of amides is 2. The molecule has 8 heteroatoms. The number of nitrogens with one attached hydrogen (secondary N) is 2. The Balaban J connectivity index is 1.63. The molecule has 0 radical (unpaired) electrons. The van der Waals surface area contributed by atoms with E-state index in [4.69, 9.17) is 0 Å². The zero-order valence-corrected chi connectivity index (χ0v) is 21.0. The van der Waals surface area contributed by atoms with Crippen molar-refractivity contribution in [3.63, 3.8) is 0 Å². The quantitative estimate of drug-likeness (QED) is 0.539. The first-order valence-corrected chi connectivity index (χ1v) is 12.2. The van der Waals surface area contributed by atoms with Crippen molar-refractivity contribution in [2.24, 2.45) is 5.92 Å². The molecule has 35 heavy (non-hydrogen) atoms. The minimum absolute atomic E-state index is 0.0423. The summed E-state index contributed by atoms with van der Waals surface area (Å²) < 4.78 is 15.8. The third kappa shape index (κ3) is 4.93. The first-order chi connectivity index (χ1) is 16.7. The third-order valence-corrected chi connectivity index (χ3v) is 6.96. The number of fused-ring (bicyclic) bond motifs is 1. The van der Waals surface area contributed by atoms with Crippen LogP contribution in [0.1, 0.15) is 50.8 Å². The summed E-state index contributed by atoms with van der Waals surface area (Å²) in [5.74, 6) is 0.168. The van der Waals surface area contributed by atoms with Crippen molar-refractivity contribution in [1.29, 1.82) is 0 Å². The molecular formula is C27H34FN5O2. The SMILES string of the molecule is CNC(C)C(=O)N[C@H](C(=O)N1CCCC1c1ccnc(-n2cc(C)c3cc(F)ccc32)c1)C(C)C. The minimum atomic E-state index is -0.592. The van der Waals surface area contributed by atoms with Gasteiger partial charge < -0.3 is 20.1 Å². The molecule has 2 aromatic heterocycles. The van der Waals surface area contributed by atoms with E-state index in [0.29, 0.717) is 6.54 Å². The van der Waals surface area contributed by atoms with E-state index in [1.54, 1.807) is 26.2 Å². The molecule has 2 N–H and O–H groups in total. The van der Waals surface area contributed by atoms with Gasteiger partial charge in [-0.25, -0.2) is 9.37 Å². The van der Waals surface area contributed by atoms with Crippen LogP contribution in [-0.2, 0) is 9.59 Å². The number of pyridine rings is 1. The standard InChI is InChI=1S/C27H34FN5O2/c1-16(2)25(31-26(34)18(4)29-5)27(35)32-12-6-7-22(32)19-10-11-30-24(13-19)33-15-17(3)21-14-20(28)8-9-23(21)33/h8-11,13-16,18,22,25,29H,6-7,12H2,1-5H3,(H,31,34)/t18?,22?,25-/m0/s1. The normalized spacial score (nSPS) is 17.7. The number of carbonyl (C=O) groups excluding carboxylic acids is 2. The summed E-state index contributed by atoms with van der Waals surface area (Å²) in [7, 11) is 1.72. The fraction of sp³-hybridized carbons (Fsp3) is 0.444. The van der Waals surface area contributed by atoms with Crippen LogP contribution in [0, 0.1) is 18.7 Å².